The standard InChI is InChI=1S/C11H11ClN2OS/c1-13-10-6-16-11(14-10)8-5-7(12)3-4-9(8)15-2/h3-6,13H,1-2H3. The van der Waals surface area contributed by atoms with Crippen molar-refractivity contribution in [3.8, 4) is 16.3 Å². The van der Waals surface area contributed by atoms with E-state index in [9.17, 15) is 0 Å². The highest BCUT2D eigenvalue weighted by Crippen LogP contribution is 2.35. The first-order valence-electron chi connectivity index (χ1n) is 4.72. The van der Waals surface area contributed by atoms with Crippen LogP contribution in [0, 0.1) is 0 Å². The number of nitrogens with one attached hydrogen (secondary N) is 1. The van der Waals surface area contributed by atoms with Crippen molar-refractivity contribution in [2.24, 2.45) is 0 Å². The molecular weight excluding hydrogens is 244 g/mol. The van der Waals surface area contributed by atoms with Gasteiger partial charge in [0.15, 0.2) is 0 Å². The highest BCUT2D eigenvalue weighted by molar-refractivity contribution is 7.13. The van der Waals surface area contributed by atoms with Gasteiger partial charge in [0.2, 0.25) is 0 Å². The van der Waals surface area contributed by atoms with Crippen LogP contribution in [-0.4, -0.2) is 19.1 Å². The lowest BCUT2D eigenvalue weighted by atomic mass is 10.2. The first-order valence-corrected chi connectivity index (χ1v) is 5.97. The SMILES string of the molecule is CNc1csc(-c2cc(Cl)ccc2OC)n1. The second kappa shape index (κ2) is 4.72. The second-order valence-corrected chi connectivity index (χ2v) is 4.43. The summed E-state index contributed by atoms with van der Waals surface area (Å²) in [6.07, 6.45) is 0. The summed E-state index contributed by atoms with van der Waals surface area (Å²) in [6, 6.07) is 5.51. The number of nitrogens with zero attached hydrogens (tertiary/aromatic N) is 1. The van der Waals surface area contributed by atoms with E-state index in [0.717, 1.165) is 22.1 Å². The number of aromatic nitrogens is 1. The Labute approximate surface area is 103 Å². The quantitative estimate of drug-likeness (QED) is 0.910. The number of benzene rings is 1. The van der Waals surface area contributed by atoms with Crippen molar-refractivity contribution in [2.75, 3.05) is 19.5 Å². The molecule has 0 saturated carbocycles. The third kappa shape index (κ3) is 2.13. The molecule has 0 bridgehead atoms. The lowest BCUT2D eigenvalue weighted by molar-refractivity contribution is 0.416. The van der Waals surface area contributed by atoms with Gasteiger partial charge in [-0.25, -0.2) is 4.98 Å². The van der Waals surface area contributed by atoms with Crippen LogP contribution in [0.5, 0.6) is 5.75 Å². The fourth-order valence-corrected chi connectivity index (χ4v) is 2.36. The van der Waals surface area contributed by atoms with Crippen LogP contribution in [0.15, 0.2) is 23.6 Å². The lowest BCUT2D eigenvalue weighted by Gasteiger charge is -2.05. The smallest absolute Gasteiger partial charge is 0.137 e. The molecule has 0 radical (unpaired) electrons. The summed E-state index contributed by atoms with van der Waals surface area (Å²) in [7, 11) is 3.48. The van der Waals surface area contributed by atoms with Crippen LogP contribution in [-0.2, 0) is 0 Å². The topological polar surface area (TPSA) is 34.1 Å². The molecular formula is C11H11ClN2OS. The predicted octanol–water partition coefficient (Wildman–Crippen LogP) is 3.51. The van der Waals surface area contributed by atoms with Gasteiger partial charge in [0.25, 0.3) is 0 Å². The monoisotopic (exact) mass is 254 g/mol. The highest BCUT2D eigenvalue weighted by Gasteiger charge is 2.10. The molecule has 2 rings (SSSR count). The van der Waals surface area contributed by atoms with Gasteiger partial charge in [0.05, 0.1) is 12.7 Å². The van der Waals surface area contributed by atoms with Crippen LogP contribution in [0.25, 0.3) is 10.6 Å². The summed E-state index contributed by atoms with van der Waals surface area (Å²) in [5.74, 6) is 1.63. The van der Waals surface area contributed by atoms with Crippen molar-refractivity contribution in [1.29, 1.82) is 0 Å². The Kier molecular flexibility index (Phi) is 3.31. The van der Waals surface area contributed by atoms with E-state index in [-0.39, 0.29) is 0 Å². The number of hydrogen-bond donors (Lipinski definition) is 1. The van der Waals surface area contributed by atoms with Crippen LogP contribution < -0.4 is 10.1 Å². The van der Waals surface area contributed by atoms with Crippen LogP contribution in [0.4, 0.5) is 5.82 Å². The minimum absolute atomic E-state index is 0.678. The fraction of sp³-hybridized carbons (Fsp3) is 0.182. The van der Waals surface area contributed by atoms with E-state index in [0.29, 0.717) is 5.02 Å². The number of methoxy groups -OCH3 is 1. The summed E-state index contributed by atoms with van der Waals surface area (Å²) in [4.78, 5) is 4.42. The molecule has 0 amide bonds. The van der Waals surface area contributed by atoms with E-state index in [1.54, 1.807) is 24.5 Å². The summed E-state index contributed by atoms with van der Waals surface area (Å²) in [5, 5.41) is 6.52. The average molecular weight is 255 g/mol. The van der Waals surface area contributed by atoms with Gasteiger partial charge < -0.3 is 10.1 Å². The molecule has 0 saturated heterocycles. The Morgan fingerprint density at radius 3 is 2.88 bits per heavy atom. The zero-order valence-corrected chi connectivity index (χ0v) is 10.5. The molecule has 16 heavy (non-hydrogen) atoms. The van der Waals surface area contributed by atoms with Crippen LogP contribution >= 0.6 is 22.9 Å². The Morgan fingerprint density at radius 2 is 2.25 bits per heavy atom. The van der Waals surface area contributed by atoms with Crippen molar-refractivity contribution in [1.82, 2.24) is 4.98 Å². The number of anilines is 1. The number of hydrogen-bond acceptors (Lipinski definition) is 4. The molecule has 0 unspecified atom stereocenters. The predicted molar refractivity (Wildman–Crippen MR) is 68.7 cm³/mol. The van der Waals surface area contributed by atoms with Gasteiger partial charge in [-0.15, -0.1) is 11.3 Å². The maximum Gasteiger partial charge on any atom is 0.137 e. The van der Waals surface area contributed by atoms with Crippen molar-refractivity contribution in [2.45, 2.75) is 0 Å². The van der Waals surface area contributed by atoms with Crippen LogP contribution in [0.2, 0.25) is 5.02 Å². The molecule has 0 spiro atoms. The lowest BCUT2D eigenvalue weighted by Crippen LogP contribution is -1.89. The van der Waals surface area contributed by atoms with Crippen molar-refractivity contribution in [3.05, 3.63) is 28.6 Å². The summed E-state index contributed by atoms with van der Waals surface area (Å²) in [5.41, 5.74) is 0.918. The maximum atomic E-state index is 5.97. The molecule has 0 aliphatic heterocycles. The average Bonchev–Trinajstić information content (AvgIpc) is 2.77. The number of halogens is 1. The molecule has 5 heteroatoms. The van der Waals surface area contributed by atoms with Crippen molar-refractivity contribution in [3.63, 3.8) is 0 Å². The Morgan fingerprint density at radius 1 is 1.44 bits per heavy atom. The number of rotatable bonds is 3. The minimum Gasteiger partial charge on any atom is -0.496 e. The molecule has 1 aromatic heterocycles. The number of thiazole rings is 1. The van der Waals surface area contributed by atoms with E-state index in [2.05, 4.69) is 10.3 Å². The highest BCUT2D eigenvalue weighted by atomic mass is 35.5. The van der Waals surface area contributed by atoms with Gasteiger partial charge in [0.1, 0.15) is 16.6 Å². The normalized spacial score (nSPS) is 10.2. The van der Waals surface area contributed by atoms with E-state index in [4.69, 9.17) is 16.3 Å². The summed E-state index contributed by atoms with van der Waals surface area (Å²) in [6.45, 7) is 0. The molecule has 84 valence electrons. The molecule has 0 aliphatic carbocycles. The largest absolute Gasteiger partial charge is 0.496 e. The molecule has 1 heterocycles. The summed E-state index contributed by atoms with van der Waals surface area (Å²) >= 11 is 7.52. The van der Waals surface area contributed by atoms with Gasteiger partial charge in [-0.3, -0.25) is 0 Å². The molecule has 0 fully saturated rings. The Hall–Kier alpha value is -1.26. The first kappa shape index (κ1) is 11.2. The zero-order valence-electron chi connectivity index (χ0n) is 8.95. The van der Waals surface area contributed by atoms with Crippen molar-refractivity contribution < 1.29 is 4.74 Å². The van der Waals surface area contributed by atoms with E-state index in [1.807, 2.05) is 24.6 Å². The van der Waals surface area contributed by atoms with Gasteiger partial charge in [-0.2, -0.15) is 0 Å². The maximum absolute atomic E-state index is 5.97. The van der Waals surface area contributed by atoms with Crippen molar-refractivity contribution >= 4 is 28.8 Å². The molecule has 1 N–H and O–H groups in total. The van der Waals surface area contributed by atoms with Gasteiger partial charge in [0, 0.05) is 17.5 Å². The van der Waals surface area contributed by atoms with E-state index in [1.165, 1.54) is 0 Å². The van der Waals surface area contributed by atoms with Gasteiger partial charge in [-0.1, -0.05) is 11.6 Å². The Balaban J connectivity index is 2.49. The van der Waals surface area contributed by atoms with Gasteiger partial charge in [-0.05, 0) is 18.2 Å². The Bertz CT molecular complexity index is 498. The third-order valence-corrected chi connectivity index (χ3v) is 3.26. The van der Waals surface area contributed by atoms with Crippen LogP contribution in [0.3, 0.4) is 0 Å². The molecule has 3 nitrogen and oxygen atoms in total. The molecule has 1 aromatic carbocycles. The molecule has 0 aliphatic rings. The first-order chi connectivity index (χ1) is 7.74. The number of ether oxygens (including phenoxy) is 1. The van der Waals surface area contributed by atoms with Crippen LogP contribution in [0.1, 0.15) is 0 Å². The fourth-order valence-electron chi connectivity index (χ4n) is 1.36. The zero-order chi connectivity index (χ0) is 11.5. The van der Waals surface area contributed by atoms with E-state index >= 15 is 0 Å². The van der Waals surface area contributed by atoms with E-state index < -0.39 is 0 Å². The minimum atomic E-state index is 0.678. The molecule has 2 aromatic rings. The summed E-state index contributed by atoms with van der Waals surface area (Å²) < 4.78 is 5.29. The van der Waals surface area contributed by atoms with Gasteiger partial charge >= 0.3 is 0 Å². The molecule has 0 atom stereocenters. The second-order valence-electron chi connectivity index (χ2n) is 3.13. The third-order valence-electron chi connectivity index (χ3n) is 2.15.